The molecule has 2 nitrogen and oxygen atoms in total. The highest BCUT2D eigenvalue weighted by Gasteiger charge is 2.14. The zero-order valence-corrected chi connectivity index (χ0v) is 17.3. The van der Waals surface area contributed by atoms with Gasteiger partial charge in [0.15, 0.2) is 0 Å². The van der Waals surface area contributed by atoms with E-state index in [1.54, 1.807) is 0 Å². The second-order valence-electron chi connectivity index (χ2n) is 7.88. The minimum absolute atomic E-state index is 0.280. The van der Waals surface area contributed by atoms with Crippen molar-refractivity contribution in [1.82, 2.24) is 5.32 Å². The summed E-state index contributed by atoms with van der Waals surface area (Å²) in [7, 11) is 0. The number of nitrogens with one attached hydrogen (secondary N) is 1. The van der Waals surface area contributed by atoms with Crippen molar-refractivity contribution in [1.29, 1.82) is 0 Å². The monoisotopic (exact) mass is 361 g/mol. The fourth-order valence-corrected chi connectivity index (χ4v) is 3.64. The Balaban J connectivity index is 1.82. The van der Waals surface area contributed by atoms with E-state index in [1.165, 1.54) is 89.9 Å². The van der Waals surface area contributed by atoms with Crippen LogP contribution in [0.25, 0.3) is 0 Å². The molecule has 0 unspecified atom stereocenters. The minimum atomic E-state index is 0.280. The summed E-state index contributed by atoms with van der Waals surface area (Å²) in [6.45, 7) is 2.25. The van der Waals surface area contributed by atoms with E-state index in [9.17, 15) is 4.79 Å². The van der Waals surface area contributed by atoms with Crippen molar-refractivity contribution in [2.75, 3.05) is 0 Å². The second-order valence-corrected chi connectivity index (χ2v) is 7.88. The first kappa shape index (κ1) is 23.0. The van der Waals surface area contributed by atoms with Crippen LogP contribution in [-0.4, -0.2) is 11.9 Å². The van der Waals surface area contributed by atoms with Crippen LogP contribution in [0, 0.1) is 0 Å². The van der Waals surface area contributed by atoms with Crippen LogP contribution in [0.15, 0.2) is 24.3 Å². The van der Waals surface area contributed by atoms with E-state index in [0.29, 0.717) is 6.04 Å². The predicted molar refractivity (Wildman–Crippen MR) is 114 cm³/mol. The molecular formula is C24H43NO. The summed E-state index contributed by atoms with van der Waals surface area (Å²) in [5, 5.41) is 3.21. The number of hydrogen-bond donors (Lipinski definition) is 1. The molecule has 2 heteroatoms. The molecule has 150 valence electrons. The van der Waals surface area contributed by atoms with Crippen LogP contribution >= 0.6 is 0 Å². The molecular weight excluding hydrogens is 318 g/mol. The molecule has 1 aliphatic carbocycles. The average Bonchev–Trinajstić information content (AvgIpc) is 2.65. The van der Waals surface area contributed by atoms with Gasteiger partial charge in [-0.25, -0.2) is 0 Å². The smallest absolute Gasteiger partial charge is 0.220 e. The number of allylic oxidation sites excluding steroid dienone is 4. The molecule has 0 aromatic rings. The maximum absolute atomic E-state index is 11.9. The molecule has 1 fully saturated rings. The summed E-state index contributed by atoms with van der Waals surface area (Å²) >= 11 is 0. The standard InChI is InChI=1S/C24H43NO/c1-2-3-4-5-6-7-8-9-10-11-12-13-14-15-19-22-24(26)25-23-20-17-16-18-21-23/h6-7,9-10,23H,2-5,8,11-22H2,1H3,(H,25,26)/b7-6-,10-9+. The molecule has 0 bridgehead atoms. The first-order chi connectivity index (χ1) is 12.8. The molecule has 1 rings (SSSR count). The number of carbonyl (C=O) groups is 1. The molecule has 0 saturated heterocycles. The summed E-state index contributed by atoms with van der Waals surface area (Å²) in [5.74, 6) is 0.280. The summed E-state index contributed by atoms with van der Waals surface area (Å²) in [5.41, 5.74) is 0. The largest absolute Gasteiger partial charge is 0.353 e. The van der Waals surface area contributed by atoms with Crippen LogP contribution < -0.4 is 5.32 Å². The lowest BCUT2D eigenvalue weighted by Gasteiger charge is -2.22. The predicted octanol–water partition coefficient (Wildman–Crippen LogP) is 7.25. The fourth-order valence-electron chi connectivity index (χ4n) is 3.64. The van der Waals surface area contributed by atoms with E-state index >= 15 is 0 Å². The van der Waals surface area contributed by atoms with Gasteiger partial charge in [-0.2, -0.15) is 0 Å². The van der Waals surface area contributed by atoms with Crippen molar-refractivity contribution in [3.05, 3.63) is 24.3 Å². The van der Waals surface area contributed by atoms with Crippen molar-refractivity contribution in [3.63, 3.8) is 0 Å². The van der Waals surface area contributed by atoms with Gasteiger partial charge in [-0.3, -0.25) is 4.79 Å². The number of amides is 1. The molecule has 1 aliphatic rings. The summed E-state index contributed by atoms with van der Waals surface area (Å²) in [6.07, 6.45) is 29.9. The number of carbonyl (C=O) groups excluding carboxylic acids is 1. The van der Waals surface area contributed by atoms with Crippen LogP contribution in [0.5, 0.6) is 0 Å². The van der Waals surface area contributed by atoms with Crippen LogP contribution in [-0.2, 0) is 4.79 Å². The maximum atomic E-state index is 11.9. The Bertz CT molecular complexity index is 380. The molecule has 1 amide bonds. The topological polar surface area (TPSA) is 29.1 Å². The Hall–Kier alpha value is -1.05. The molecule has 0 radical (unpaired) electrons. The maximum Gasteiger partial charge on any atom is 0.220 e. The highest BCUT2D eigenvalue weighted by molar-refractivity contribution is 5.76. The first-order valence-corrected chi connectivity index (χ1v) is 11.4. The van der Waals surface area contributed by atoms with Gasteiger partial charge >= 0.3 is 0 Å². The quantitative estimate of drug-likeness (QED) is 0.241. The second kappa shape index (κ2) is 17.4. The number of unbranched alkanes of at least 4 members (excludes halogenated alkanes) is 8. The lowest BCUT2D eigenvalue weighted by molar-refractivity contribution is -0.122. The number of hydrogen-bond acceptors (Lipinski definition) is 1. The van der Waals surface area contributed by atoms with Gasteiger partial charge in [0.25, 0.3) is 0 Å². The van der Waals surface area contributed by atoms with Crippen molar-refractivity contribution < 1.29 is 4.79 Å². The van der Waals surface area contributed by atoms with E-state index in [4.69, 9.17) is 0 Å². The molecule has 0 spiro atoms. The van der Waals surface area contributed by atoms with Crippen molar-refractivity contribution in [3.8, 4) is 0 Å². The molecule has 26 heavy (non-hydrogen) atoms. The highest BCUT2D eigenvalue weighted by Crippen LogP contribution is 2.17. The normalized spacial score (nSPS) is 15.9. The molecule has 1 N–H and O–H groups in total. The number of rotatable bonds is 15. The van der Waals surface area contributed by atoms with E-state index in [1.807, 2.05) is 0 Å². The van der Waals surface area contributed by atoms with Gasteiger partial charge in [0.2, 0.25) is 5.91 Å². The third kappa shape index (κ3) is 14.2. The minimum Gasteiger partial charge on any atom is -0.353 e. The zero-order chi connectivity index (χ0) is 18.7. The lowest BCUT2D eigenvalue weighted by atomic mass is 9.95. The van der Waals surface area contributed by atoms with Gasteiger partial charge in [0.05, 0.1) is 0 Å². The lowest BCUT2D eigenvalue weighted by Crippen LogP contribution is -2.35. The SMILES string of the molecule is CCCCC/C=C\C/C=C/CCCCCCCC(=O)NC1CCCCC1. The Morgan fingerprint density at radius 3 is 2.12 bits per heavy atom. The third-order valence-corrected chi connectivity index (χ3v) is 5.32. The van der Waals surface area contributed by atoms with Gasteiger partial charge in [-0.15, -0.1) is 0 Å². The first-order valence-electron chi connectivity index (χ1n) is 11.4. The van der Waals surface area contributed by atoms with Crippen LogP contribution in [0.2, 0.25) is 0 Å². The highest BCUT2D eigenvalue weighted by atomic mass is 16.1. The molecule has 0 atom stereocenters. The Labute approximate surface area is 162 Å². The summed E-state index contributed by atoms with van der Waals surface area (Å²) in [6, 6.07) is 0.467. The van der Waals surface area contributed by atoms with Gasteiger partial charge in [0.1, 0.15) is 0 Å². The molecule has 0 aromatic heterocycles. The van der Waals surface area contributed by atoms with Gasteiger partial charge < -0.3 is 5.32 Å². The van der Waals surface area contributed by atoms with E-state index in [-0.39, 0.29) is 5.91 Å². The molecule has 1 saturated carbocycles. The van der Waals surface area contributed by atoms with Crippen molar-refractivity contribution in [2.24, 2.45) is 0 Å². The molecule has 0 aromatic carbocycles. The Morgan fingerprint density at radius 2 is 1.42 bits per heavy atom. The van der Waals surface area contributed by atoms with Gasteiger partial charge in [-0.1, -0.05) is 82.6 Å². The summed E-state index contributed by atoms with van der Waals surface area (Å²) < 4.78 is 0. The molecule has 0 aliphatic heterocycles. The van der Waals surface area contributed by atoms with Crippen LogP contribution in [0.3, 0.4) is 0 Å². The van der Waals surface area contributed by atoms with Crippen molar-refractivity contribution >= 4 is 5.91 Å². The Morgan fingerprint density at radius 1 is 0.808 bits per heavy atom. The van der Waals surface area contributed by atoms with Crippen molar-refractivity contribution in [2.45, 2.75) is 122 Å². The molecule has 0 heterocycles. The average molecular weight is 362 g/mol. The van der Waals surface area contributed by atoms with E-state index in [0.717, 1.165) is 19.3 Å². The zero-order valence-electron chi connectivity index (χ0n) is 17.3. The summed E-state index contributed by atoms with van der Waals surface area (Å²) in [4.78, 5) is 11.9. The van der Waals surface area contributed by atoms with Crippen LogP contribution in [0.1, 0.15) is 116 Å². The van der Waals surface area contributed by atoms with E-state index in [2.05, 4.69) is 36.5 Å². The van der Waals surface area contributed by atoms with Gasteiger partial charge in [-0.05, 0) is 51.4 Å². The van der Waals surface area contributed by atoms with E-state index < -0.39 is 0 Å². The fraction of sp³-hybridized carbons (Fsp3) is 0.792. The van der Waals surface area contributed by atoms with Crippen LogP contribution in [0.4, 0.5) is 0 Å². The third-order valence-electron chi connectivity index (χ3n) is 5.32. The van der Waals surface area contributed by atoms with Gasteiger partial charge in [0, 0.05) is 12.5 Å². The Kier molecular flexibility index (Phi) is 15.4.